The van der Waals surface area contributed by atoms with Gasteiger partial charge in [0.15, 0.2) is 0 Å². The van der Waals surface area contributed by atoms with Gasteiger partial charge in [-0.1, -0.05) is 12.1 Å². The van der Waals surface area contributed by atoms with Crippen LogP contribution in [-0.4, -0.2) is 36.5 Å². The Bertz CT molecular complexity index is 456. The lowest BCUT2D eigenvalue weighted by atomic mass is 10.1. The van der Waals surface area contributed by atoms with Gasteiger partial charge in [-0.3, -0.25) is 4.79 Å². The summed E-state index contributed by atoms with van der Waals surface area (Å²) < 4.78 is 5.49. The lowest BCUT2D eigenvalue weighted by Gasteiger charge is -2.29. The van der Waals surface area contributed by atoms with Crippen LogP contribution < -0.4 is 10.1 Å². The molecule has 1 N–H and O–H groups in total. The molecular formula is C17H26N2O2. The van der Waals surface area contributed by atoms with E-state index in [0.717, 1.165) is 37.2 Å². The van der Waals surface area contributed by atoms with Gasteiger partial charge in [0.2, 0.25) is 5.91 Å². The Morgan fingerprint density at radius 1 is 1.33 bits per heavy atom. The molecule has 1 fully saturated rings. The number of rotatable bonds is 6. The van der Waals surface area contributed by atoms with Crippen molar-refractivity contribution >= 4 is 5.91 Å². The molecule has 4 heteroatoms. The molecule has 21 heavy (non-hydrogen) atoms. The van der Waals surface area contributed by atoms with Gasteiger partial charge in [0, 0.05) is 19.6 Å². The second-order valence-corrected chi connectivity index (χ2v) is 5.57. The van der Waals surface area contributed by atoms with Crippen LogP contribution in [0.15, 0.2) is 24.3 Å². The van der Waals surface area contributed by atoms with E-state index in [9.17, 15) is 4.79 Å². The molecule has 1 aliphatic heterocycles. The zero-order valence-electron chi connectivity index (χ0n) is 13.1. The molecule has 116 valence electrons. The van der Waals surface area contributed by atoms with Gasteiger partial charge >= 0.3 is 0 Å². The van der Waals surface area contributed by atoms with Gasteiger partial charge in [-0.2, -0.15) is 0 Å². The van der Waals surface area contributed by atoms with Crippen LogP contribution in [-0.2, 0) is 11.3 Å². The minimum absolute atomic E-state index is 0.140. The minimum atomic E-state index is -0.140. The molecule has 0 radical (unpaired) electrons. The Labute approximate surface area is 127 Å². The number of benzene rings is 1. The lowest BCUT2D eigenvalue weighted by molar-refractivity contribution is -0.133. The average molecular weight is 290 g/mol. The summed E-state index contributed by atoms with van der Waals surface area (Å²) in [5.41, 5.74) is 1.14. The fraction of sp³-hybridized carbons (Fsp3) is 0.588. The first kappa shape index (κ1) is 15.8. The highest BCUT2D eigenvalue weighted by Crippen LogP contribution is 2.14. The number of likely N-dealkylation sites (tertiary alicyclic amines) is 1. The van der Waals surface area contributed by atoms with E-state index >= 15 is 0 Å². The Balaban J connectivity index is 1.83. The van der Waals surface area contributed by atoms with Gasteiger partial charge in [0.1, 0.15) is 5.75 Å². The van der Waals surface area contributed by atoms with Gasteiger partial charge in [-0.25, -0.2) is 0 Å². The van der Waals surface area contributed by atoms with E-state index in [1.54, 1.807) is 0 Å². The summed E-state index contributed by atoms with van der Waals surface area (Å²) in [5.74, 6) is 1.10. The second-order valence-electron chi connectivity index (χ2n) is 5.57. The molecule has 1 heterocycles. The molecule has 2 rings (SSSR count). The average Bonchev–Trinajstić information content (AvgIpc) is 2.53. The summed E-state index contributed by atoms with van der Waals surface area (Å²) in [6.07, 6.45) is 3.51. The van der Waals surface area contributed by atoms with Gasteiger partial charge in [-0.05, 0) is 50.8 Å². The van der Waals surface area contributed by atoms with Gasteiger partial charge in [-0.15, -0.1) is 0 Å². The van der Waals surface area contributed by atoms with Crippen LogP contribution in [0.5, 0.6) is 5.75 Å². The predicted molar refractivity (Wildman–Crippen MR) is 84.3 cm³/mol. The third kappa shape index (κ3) is 4.74. The highest BCUT2D eigenvalue weighted by Gasteiger charge is 2.21. The topological polar surface area (TPSA) is 41.6 Å². The Hall–Kier alpha value is -1.55. The summed E-state index contributed by atoms with van der Waals surface area (Å²) >= 11 is 0. The van der Waals surface area contributed by atoms with Crippen LogP contribution in [0.3, 0.4) is 0 Å². The number of hydrogen-bond donors (Lipinski definition) is 1. The van der Waals surface area contributed by atoms with Crippen LogP contribution in [0.2, 0.25) is 0 Å². The van der Waals surface area contributed by atoms with Crippen molar-refractivity contribution in [1.29, 1.82) is 0 Å². The monoisotopic (exact) mass is 290 g/mol. The molecule has 0 saturated carbocycles. The molecule has 1 aromatic rings. The normalized spacial score (nSPS) is 16.6. The summed E-state index contributed by atoms with van der Waals surface area (Å²) in [4.78, 5) is 14.3. The van der Waals surface area contributed by atoms with Crippen LogP contribution >= 0.6 is 0 Å². The molecule has 0 spiro atoms. The van der Waals surface area contributed by atoms with Gasteiger partial charge in [0.25, 0.3) is 0 Å². The molecule has 1 aliphatic rings. The highest BCUT2D eigenvalue weighted by atomic mass is 16.5. The number of hydrogen-bond acceptors (Lipinski definition) is 3. The predicted octanol–water partition coefficient (Wildman–Crippen LogP) is 2.58. The van der Waals surface area contributed by atoms with E-state index in [0.29, 0.717) is 13.2 Å². The number of nitrogens with zero attached hydrogens (tertiary/aromatic N) is 1. The summed E-state index contributed by atoms with van der Waals surface area (Å²) in [6.45, 7) is 7.09. The molecule has 4 nitrogen and oxygen atoms in total. The maximum atomic E-state index is 12.3. The molecule has 0 aliphatic carbocycles. The van der Waals surface area contributed by atoms with E-state index in [1.807, 2.05) is 43.0 Å². The minimum Gasteiger partial charge on any atom is -0.494 e. The Morgan fingerprint density at radius 2 is 2.10 bits per heavy atom. The third-order valence-electron chi connectivity index (χ3n) is 3.86. The number of piperidine rings is 1. The van der Waals surface area contributed by atoms with E-state index in [2.05, 4.69) is 5.32 Å². The first-order valence-corrected chi connectivity index (χ1v) is 7.94. The first-order valence-electron chi connectivity index (χ1n) is 7.94. The summed E-state index contributed by atoms with van der Waals surface area (Å²) in [5, 5.41) is 3.32. The van der Waals surface area contributed by atoms with Crippen LogP contribution in [0.1, 0.15) is 38.7 Å². The van der Waals surface area contributed by atoms with Crippen molar-refractivity contribution in [2.45, 2.75) is 45.7 Å². The summed E-state index contributed by atoms with van der Waals surface area (Å²) in [7, 11) is 0. The van der Waals surface area contributed by atoms with E-state index < -0.39 is 0 Å². The third-order valence-corrected chi connectivity index (χ3v) is 3.86. The standard InChI is InChI=1S/C17H26N2O2/c1-3-21-16-9-7-8-15(12-16)13-18-14(2)17(20)19-10-5-4-6-11-19/h7-9,12,14,18H,3-6,10-11,13H2,1-2H3. The molecule has 0 bridgehead atoms. The number of ether oxygens (including phenoxy) is 1. The van der Waals surface area contributed by atoms with Crippen molar-refractivity contribution in [3.05, 3.63) is 29.8 Å². The van der Waals surface area contributed by atoms with Crippen molar-refractivity contribution in [3.63, 3.8) is 0 Å². The quantitative estimate of drug-likeness (QED) is 0.875. The maximum absolute atomic E-state index is 12.3. The van der Waals surface area contributed by atoms with Crippen LogP contribution in [0.25, 0.3) is 0 Å². The van der Waals surface area contributed by atoms with E-state index in [4.69, 9.17) is 4.74 Å². The van der Waals surface area contributed by atoms with E-state index in [-0.39, 0.29) is 11.9 Å². The number of amides is 1. The fourth-order valence-corrected chi connectivity index (χ4v) is 2.66. The Morgan fingerprint density at radius 3 is 2.81 bits per heavy atom. The fourth-order valence-electron chi connectivity index (χ4n) is 2.66. The molecular weight excluding hydrogens is 264 g/mol. The zero-order valence-corrected chi connectivity index (χ0v) is 13.1. The Kier molecular flexibility index (Phi) is 6.05. The molecule has 1 atom stereocenters. The number of carbonyl (C=O) groups excluding carboxylic acids is 1. The van der Waals surface area contributed by atoms with Crippen molar-refractivity contribution in [2.24, 2.45) is 0 Å². The van der Waals surface area contributed by atoms with Crippen molar-refractivity contribution in [1.82, 2.24) is 10.2 Å². The van der Waals surface area contributed by atoms with Gasteiger partial charge < -0.3 is 15.0 Å². The zero-order chi connectivity index (χ0) is 15.1. The van der Waals surface area contributed by atoms with Crippen LogP contribution in [0, 0.1) is 0 Å². The molecule has 1 aromatic carbocycles. The van der Waals surface area contributed by atoms with Gasteiger partial charge in [0.05, 0.1) is 12.6 Å². The van der Waals surface area contributed by atoms with Crippen LogP contribution in [0.4, 0.5) is 0 Å². The van der Waals surface area contributed by atoms with Crippen molar-refractivity contribution in [2.75, 3.05) is 19.7 Å². The molecule has 1 saturated heterocycles. The lowest BCUT2D eigenvalue weighted by Crippen LogP contribution is -2.46. The van der Waals surface area contributed by atoms with E-state index in [1.165, 1.54) is 6.42 Å². The van der Waals surface area contributed by atoms with Crippen molar-refractivity contribution in [3.8, 4) is 5.75 Å². The smallest absolute Gasteiger partial charge is 0.239 e. The molecule has 1 unspecified atom stereocenters. The molecule has 1 amide bonds. The SMILES string of the molecule is CCOc1cccc(CNC(C)C(=O)N2CCCCC2)c1. The largest absolute Gasteiger partial charge is 0.494 e. The second kappa shape index (κ2) is 8.03. The summed E-state index contributed by atoms with van der Waals surface area (Å²) in [6, 6.07) is 7.87. The molecule has 0 aromatic heterocycles. The van der Waals surface area contributed by atoms with Crippen molar-refractivity contribution < 1.29 is 9.53 Å². The number of carbonyl (C=O) groups is 1. The maximum Gasteiger partial charge on any atom is 0.239 e. The highest BCUT2D eigenvalue weighted by molar-refractivity contribution is 5.81. The number of nitrogens with one attached hydrogen (secondary N) is 1. The first-order chi connectivity index (χ1) is 10.2.